The van der Waals surface area contributed by atoms with Gasteiger partial charge in [0, 0.05) is 12.5 Å². The first-order valence-corrected chi connectivity index (χ1v) is 9.76. The Morgan fingerprint density at radius 1 is 1.18 bits per heavy atom. The van der Waals surface area contributed by atoms with Gasteiger partial charge in [0.15, 0.2) is 5.82 Å². The van der Waals surface area contributed by atoms with Crippen LogP contribution in [0.1, 0.15) is 55.8 Å². The molecule has 1 fully saturated rings. The molecule has 1 aliphatic carbocycles. The van der Waals surface area contributed by atoms with Crippen molar-refractivity contribution >= 4 is 17.6 Å². The lowest BCUT2D eigenvalue weighted by molar-refractivity contribution is -0.124. The molecule has 0 aliphatic heterocycles. The van der Waals surface area contributed by atoms with Crippen molar-refractivity contribution in [3.05, 3.63) is 47.5 Å². The monoisotopic (exact) mass is 387 g/mol. The molecule has 1 aliphatic rings. The zero-order chi connectivity index (χ0) is 19.9. The first-order chi connectivity index (χ1) is 13.5. The molecule has 1 unspecified atom stereocenters. The molecule has 3 rings (SSSR count). The molecule has 0 radical (unpaired) electrons. The molecule has 150 valence electrons. The average Bonchev–Trinajstić information content (AvgIpc) is 3.10. The van der Waals surface area contributed by atoms with Crippen LogP contribution in [0.15, 0.2) is 34.9 Å². The molecule has 28 heavy (non-hydrogen) atoms. The van der Waals surface area contributed by atoms with Crippen LogP contribution in [0, 0.1) is 18.7 Å². The Hall–Kier alpha value is -2.70. The Morgan fingerprint density at radius 3 is 2.54 bits per heavy atom. The van der Waals surface area contributed by atoms with Gasteiger partial charge in [-0.3, -0.25) is 9.59 Å². The van der Waals surface area contributed by atoms with E-state index in [1.807, 2.05) is 0 Å². The van der Waals surface area contributed by atoms with Crippen LogP contribution < -0.4 is 10.6 Å². The number of hydrogen-bond acceptors (Lipinski definition) is 4. The summed E-state index contributed by atoms with van der Waals surface area (Å²) in [4.78, 5) is 24.5. The van der Waals surface area contributed by atoms with Crippen LogP contribution in [-0.4, -0.2) is 23.5 Å². The fraction of sp³-hybridized carbons (Fsp3) is 0.476. The van der Waals surface area contributed by atoms with E-state index in [9.17, 15) is 14.0 Å². The summed E-state index contributed by atoms with van der Waals surface area (Å²) in [6.07, 6.45) is 5.96. The summed E-state index contributed by atoms with van der Waals surface area (Å²) in [6, 6.07) is 8.02. The predicted molar refractivity (Wildman–Crippen MR) is 103 cm³/mol. The quantitative estimate of drug-likeness (QED) is 0.754. The molecule has 0 spiro atoms. The minimum absolute atomic E-state index is 0.0298. The lowest BCUT2D eigenvalue weighted by atomic mass is 9.75. The van der Waals surface area contributed by atoms with Crippen LogP contribution in [0.4, 0.5) is 10.2 Å². The van der Waals surface area contributed by atoms with E-state index in [-0.39, 0.29) is 36.5 Å². The molecule has 2 amide bonds. The van der Waals surface area contributed by atoms with Crippen molar-refractivity contribution in [2.75, 3.05) is 11.9 Å². The highest BCUT2D eigenvalue weighted by atomic mass is 19.1. The van der Waals surface area contributed by atoms with E-state index in [4.69, 9.17) is 4.52 Å². The third kappa shape index (κ3) is 5.65. The van der Waals surface area contributed by atoms with Crippen molar-refractivity contribution in [2.45, 2.75) is 51.4 Å². The Kier molecular flexibility index (Phi) is 6.79. The van der Waals surface area contributed by atoms with Gasteiger partial charge in [-0.15, -0.1) is 0 Å². The van der Waals surface area contributed by atoms with Crippen molar-refractivity contribution in [3.8, 4) is 0 Å². The highest BCUT2D eigenvalue weighted by molar-refractivity contribution is 5.93. The Balaban J connectivity index is 1.57. The lowest BCUT2D eigenvalue weighted by Gasteiger charge is -2.30. The Labute approximate surface area is 163 Å². The van der Waals surface area contributed by atoms with Gasteiger partial charge in [0.05, 0.1) is 6.54 Å². The van der Waals surface area contributed by atoms with Gasteiger partial charge < -0.3 is 15.2 Å². The molecule has 7 heteroatoms. The number of carbonyl (C=O) groups excluding carboxylic acids is 2. The summed E-state index contributed by atoms with van der Waals surface area (Å²) >= 11 is 0. The average molecular weight is 387 g/mol. The molecule has 6 nitrogen and oxygen atoms in total. The number of halogens is 1. The molecule has 2 N–H and O–H groups in total. The van der Waals surface area contributed by atoms with Gasteiger partial charge in [-0.05, 0) is 49.3 Å². The zero-order valence-corrected chi connectivity index (χ0v) is 16.0. The van der Waals surface area contributed by atoms with Gasteiger partial charge in [0.2, 0.25) is 11.8 Å². The van der Waals surface area contributed by atoms with Crippen molar-refractivity contribution < 1.29 is 18.5 Å². The van der Waals surface area contributed by atoms with E-state index in [1.54, 1.807) is 25.1 Å². The SMILES string of the molecule is Cc1cc(NC(=O)CNC(=O)CC(c2ccc(F)cc2)C2CCCCC2)no1. The summed E-state index contributed by atoms with van der Waals surface area (Å²) in [5, 5.41) is 8.94. The summed E-state index contributed by atoms with van der Waals surface area (Å²) < 4.78 is 18.2. The fourth-order valence-electron chi connectivity index (χ4n) is 3.87. The molecule has 1 saturated carbocycles. The minimum atomic E-state index is -0.363. The van der Waals surface area contributed by atoms with Crippen LogP contribution >= 0.6 is 0 Å². The van der Waals surface area contributed by atoms with E-state index in [0.29, 0.717) is 17.5 Å². The van der Waals surface area contributed by atoms with Crippen LogP contribution in [0.3, 0.4) is 0 Å². The molecular formula is C21H26FN3O3. The largest absolute Gasteiger partial charge is 0.360 e. The predicted octanol–water partition coefficient (Wildman–Crippen LogP) is 3.93. The molecule has 1 aromatic heterocycles. The number of anilines is 1. The minimum Gasteiger partial charge on any atom is -0.360 e. The fourth-order valence-corrected chi connectivity index (χ4v) is 3.87. The standard InChI is InChI=1S/C21H26FN3O3/c1-14-11-19(25-28-14)24-21(27)13-23-20(26)12-18(15-5-3-2-4-6-15)16-7-9-17(22)10-8-16/h7-11,15,18H,2-6,12-13H2,1H3,(H,23,26)(H,24,25,27). The van der Waals surface area contributed by atoms with Crippen LogP contribution in [-0.2, 0) is 9.59 Å². The first-order valence-electron chi connectivity index (χ1n) is 9.76. The Bertz CT molecular complexity index is 797. The van der Waals surface area contributed by atoms with Crippen LogP contribution in [0.2, 0.25) is 0 Å². The van der Waals surface area contributed by atoms with E-state index in [2.05, 4.69) is 15.8 Å². The van der Waals surface area contributed by atoms with E-state index in [1.165, 1.54) is 18.6 Å². The summed E-state index contributed by atoms with van der Waals surface area (Å²) in [5.41, 5.74) is 0.978. The number of nitrogens with zero attached hydrogens (tertiary/aromatic N) is 1. The molecule has 1 aromatic carbocycles. The van der Waals surface area contributed by atoms with Crippen molar-refractivity contribution in [3.63, 3.8) is 0 Å². The molecule has 0 saturated heterocycles. The molecule has 1 atom stereocenters. The normalized spacial score (nSPS) is 15.8. The smallest absolute Gasteiger partial charge is 0.245 e. The highest BCUT2D eigenvalue weighted by Gasteiger charge is 2.27. The molecule has 2 aromatic rings. The number of carbonyl (C=O) groups is 2. The van der Waals surface area contributed by atoms with E-state index >= 15 is 0 Å². The van der Waals surface area contributed by atoms with Crippen LogP contribution in [0.25, 0.3) is 0 Å². The third-order valence-electron chi connectivity index (χ3n) is 5.26. The summed E-state index contributed by atoms with van der Waals surface area (Å²) in [6.45, 7) is 1.59. The summed E-state index contributed by atoms with van der Waals surface area (Å²) in [5.74, 6) is 0.510. The number of nitrogens with one attached hydrogen (secondary N) is 2. The molecule has 1 heterocycles. The van der Waals surface area contributed by atoms with E-state index in [0.717, 1.165) is 31.2 Å². The van der Waals surface area contributed by atoms with Crippen LogP contribution in [0.5, 0.6) is 0 Å². The number of benzene rings is 1. The second-order valence-corrected chi connectivity index (χ2v) is 7.41. The topological polar surface area (TPSA) is 84.2 Å². The van der Waals surface area contributed by atoms with Gasteiger partial charge in [-0.2, -0.15) is 0 Å². The van der Waals surface area contributed by atoms with Gasteiger partial charge in [-0.1, -0.05) is 36.6 Å². The first kappa shape index (κ1) is 20.0. The molecule has 0 bridgehead atoms. The number of amides is 2. The number of hydrogen-bond donors (Lipinski definition) is 2. The third-order valence-corrected chi connectivity index (χ3v) is 5.26. The maximum atomic E-state index is 13.3. The molecular weight excluding hydrogens is 361 g/mol. The van der Waals surface area contributed by atoms with E-state index < -0.39 is 0 Å². The second kappa shape index (κ2) is 9.48. The number of rotatable bonds is 7. The van der Waals surface area contributed by atoms with Crippen molar-refractivity contribution in [1.82, 2.24) is 10.5 Å². The van der Waals surface area contributed by atoms with Gasteiger partial charge in [0.1, 0.15) is 11.6 Å². The number of aryl methyl sites for hydroxylation is 1. The van der Waals surface area contributed by atoms with Gasteiger partial charge in [0.25, 0.3) is 0 Å². The van der Waals surface area contributed by atoms with Gasteiger partial charge >= 0.3 is 0 Å². The Morgan fingerprint density at radius 2 is 1.89 bits per heavy atom. The van der Waals surface area contributed by atoms with Gasteiger partial charge in [-0.25, -0.2) is 4.39 Å². The zero-order valence-electron chi connectivity index (χ0n) is 16.0. The lowest BCUT2D eigenvalue weighted by Crippen LogP contribution is -2.34. The van der Waals surface area contributed by atoms with Crippen molar-refractivity contribution in [2.24, 2.45) is 5.92 Å². The second-order valence-electron chi connectivity index (χ2n) is 7.41. The summed E-state index contributed by atoms with van der Waals surface area (Å²) in [7, 11) is 0. The maximum absolute atomic E-state index is 13.3. The van der Waals surface area contributed by atoms with Crippen molar-refractivity contribution in [1.29, 1.82) is 0 Å². The highest BCUT2D eigenvalue weighted by Crippen LogP contribution is 2.38. The maximum Gasteiger partial charge on any atom is 0.245 e. The number of aromatic nitrogens is 1.